The Bertz CT molecular complexity index is 713. The van der Waals surface area contributed by atoms with Gasteiger partial charge in [-0.15, -0.1) is 0 Å². The van der Waals surface area contributed by atoms with Crippen LogP contribution < -0.4 is 5.32 Å². The van der Waals surface area contributed by atoms with Gasteiger partial charge in [0.1, 0.15) is 5.54 Å². The van der Waals surface area contributed by atoms with E-state index in [1.165, 1.54) is 31.3 Å². The van der Waals surface area contributed by atoms with Crippen LogP contribution in [0.1, 0.15) is 19.3 Å². The van der Waals surface area contributed by atoms with Gasteiger partial charge in [0.05, 0.1) is 11.4 Å². The molecule has 0 aliphatic heterocycles. The Balaban J connectivity index is 2.06. The summed E-state index contributed by atoms with van der Waals surface area (Å²) in [5.41, 5.74) is -1.26. The normalized spacial score (nSPS) is 16.7. The number of carbonyl (C=O) groups excluding carboxylic acids is 1. The average Bonchev–Trinajstić information content (AvgIpc) is 2.42. The first-order valence-corrected chi connectivity index (χ1v) is 8.75. The number of aliphatic carboxylic acids is 1. The van der Waals surface area contributed by atoms with Crippen molar-refractivity contribution in [2.45, 2.75) is 29.7 Å². The number of nitrogens with one attached hydrogen (secondary N) is 1. The molecule has 0 spiro atoms. The molecule has 0 radical (unpaired) electrons. The van der Waals surface area contributed by atoms with Crippen molar-refractivity contribution >= 4 is 33.5 Å². The summed E-state index contributed by atoms with van der Waals surface area (Å²) in [6.07, 6.45) is 1.41. The summed E-state index contributed by atoms with van der Waals surface area (Å²) in [6.45, 7) is -0.458. The zero-order valence-corrected chi connectivity index (χ0v) is 14.0. The van der Waals surface area contributed by atoms with Crippen LogP contribution in [-0.2, 0) is 19.6 Å². The van der Waals surface area contributed by atoms with Crippen LogP contribution in [0.3, 0.4) is 0 Å². The van der Waals surface area contributed by atoms with Crippen LogP contribution in [0.15, 0.2) is 29.2 Å². The summed E-state index contributed by atoms with van der Waals surface area (Å²) in [4.78, 5) is 23.2. The van der Waals surface area contributed by atoms with Crippen LogP contribution in [0.2, 0.25) is 5.02 Å². The molecule has 126 valence electrons. The van der Waals surface area contributed by atoms with Crippen LogP contribution in [0.4, 0.5) is 0 Å². The minimum Gasteiger partial charge on any atom is -0.480 e. The first-order valence-electron chi connectivity index (χ1n) is 6.94. The third-order valence-corrected chi connectivity index (χ3v) is 5.95. The summed E-state index contributed by atoms with van der Waals surface area (Å²) < 4.78 is 25.6. The van der Waals surface area contributed by atoms with E-state index in [4.69, 9.17) is 11.6 Å². The van der Waals surface area contributed by atoms with Crippen LogP contribution in [-0.4, -0.2) is 48.8 Å². The van der Waals surface area contributed by atoms with Crippen molar-refractivity contribution in [3.8, 4) is 0 Å². The van der Waals surface area contributed by atoms with E-state index in [1.54, 1.807) is 0 Å². The molecule has 1 amide bonds. The molecular weight excluding hydrogens is 344 g/mol. The van der Waals surface area contributed by atoms with Gasteiger partial charge in [-0.05, 0) is 43.5 Å². The second-order valence-corrected chi connectivity index (χ2v) is 7.99. The maximum absolute atomic E-state index is 12.3. The number of benzene rings is 1. The van der Waals surface area contributed by atoms with Gasteiger partial charge in [-0.2, -0.15) is 4.31 Å². The van der Waals surface area contributed by atoms with E-state index in [2.05, 4.69) is 5.32 Å². The molecule has 1 aromatic rings. The molecule has 0 atom stereocenters. The molecule has 0 heterocycles. The molecule has 9 heteroatoms. The SMILES string of the molecule is CN(CC(=O)NC1(C(=O)O)CCC1)S(=O)(=O)c1ccc(Cl)cc1. The Morgan fingerprint density at radius 3 is 2.30 bits per heavy atom. The van der Waals surface area contributed by atoms with Gasteiger partial charge in [0.2, 0.25) is 15.9 Å². The Kier molecular flexibility index (Phi) is 4.98. The smallest absolute Gasteiger partial charge is 0.329 e. The van der Waals surface area contributed by atoms with E-state index < -0.39 is 34.0 Å². The number of carboxylic acid groups (broad SMARTS) is 1. The van der Waals surface area contributed by atoms with Crippen LogP contribution in [0.25, 0.3) is 0 Å². The van der Waals surface area contributed by atoms with Gasteiger partial charge < -0.3 is 10.4 Å². The summed E-state index contributed by atoms with van der Waals surface area (Å²) in [5.74, 6) is -1.74. The molecule has 0 saturated heterocycles. The molecule has 0 aromatic heterocycles. The lowest BCUT2D eigenvalue weighted by atomic mass is 9.77. The van der Waals surface area contributed by atoms with Crippen LogP contribution >= 0.6 is 11.6 Å². The molecule has 1 fully saturated rings. The highest BCUT2D eigenvalue weighted by Crippen LogP contribution is 2.32. The molecule has 1 saturated carbocycles. The Morgan fingerprint density at radius 2 is 1.87 bits per heavy atom. The summed E-state index contributed by atoms with van der Waals surface area (Å²) in [7, 11) is -2.59. The molecule has 23 heavy (non-hydrogen) atoms. The molecule has 0 bridgehead atoms. The van der Waals surface area contributed by atoms with Crippen molar-refractivity contribution < 1.29 is 23.1 Å². The van der Waals surface area contributed by atoms with E-state index in [0.29, 0.717) is 24.3 Å². The second kappa shape index (κ2) is 6.46. The van der Waals surface area contributed by atoms with Crippen molar-refractivity contribution in [2.75, 3.05) is 13.6 Å². The highest BCUT2D eigenvalue weighted by molar-refractivity contribution is 7.89. The van der Waals surface area contributed by atoms with Crippen molar-refractivity contribution in [2.24, 2.45) is 0 Å². The zero-order chi connectivity index (χ0) is 17.3. The van der Waals surface area contributed by atoms with E-state index in [0.717, 1.165) is 4.31 Å². The summed E-state index contributed by atoms with van der Waals surface area (Å²) >= 11 is 5.72. The highest BCUT2D eigenvalue weighted by atomic mass is 35.5. The van der Waals surface area contributed by atoms with E-state index >= 15 is 0 Å². The first kappa shape index (κ1) is 17.7. The van der Waals surface area contributed by atoms with Crippen molar-refractivity contribution in [1.82, 2.24) is 9.62 Å². The number of hydrogen-bond acceptors (Lipinski definition) is 4. The number of halogens is 1. The molecule has 1 aromatic carbocycles. The second-order valence-electron chi connectivity index (χ2n) is 5.50. The fraction of sp³-hybridized carbons (Fsp3) is 0.429. The molecule has 2 rings (SSSR count). The number of carbonyl (C=O) groups is 2. The van der Waals surface area contributed by atoms with Gasteiger partial charge in [0, 0.05) is 12.1 Å². The molecule has 2 N–H and O–H groups in total. The van der Waals surface area contributed by atoms with Gasteiger partial charge in [-0.1, -0.05) is 11.6 Å². The number of nitrogens with zero attached hydrogens (tertiary/aromatic N) is 1. The van der Waals surface area contributed by atoms with Crippen LogP contribution in [0, 0.1) is 0 Å². The Hall–Kier alpha value is -1.64. The van der Waals surface area contributed by atoms with Gasteiger partial charge in [0.15, 0.2) is 0 Å². The minimum absolute atomic E-state index is 0.00814. The topological polar surface area (TPSA) is 104 Å². The van der Waals surface area contributed by atoms with Gasteiger partial charge in [-0.3, -0.25) is 4.79 Å². The Morgan fingerprint density at radius 1 is 1.30 bits per heavy atom. The number of likely N-dealkylation sites (N-methyl/N-ethyl adjacent to an activating group) is 1. The van der Waals surface area contributed by atoms with E-state index in [-0.39, 0.29) is 4.90 Å². The molecule has 7 nitrogen and oxygen atoms in total. The minimum atomic E-state index is -3.85. The number of amides is 1. The van der Waals surface area contributed by atoms with Crippen molar-refractivity contribution in [3.63, 3.8) is 0 Å². The van der Waals surface area contributed by atoms with E-state index in [1.807, 2.05) is 0 Å². The fourth-order valence-corrected chi connectivity index (χ4v) is 3.56. The predicted molar refractivity (Wildman–Crippen MR) is 83.6 cm³/mol. The Labute approximate surface area is 139 Å². The van der Waals surface area contributed by atoms with Gasteiger partial charge >= 0.3 is 5.97 Å². The summed E-state index contributed by atoms with van der Waals surface area (Å²) in [5, 5.41) is 12.0. The lowest BCUT2D eigenvalue weighted by molar-refractivity contribution is -0.151. The fourth-order valence-electron chi connectivity index (χ4n) is 2.30. The quantitative estimate of drug-likeness (QED) is 0.790. The maximum Gasteiger partial charge on any atom is 0.329 e. The number of carboxylic acids is 1. The summed E-state index contributed by atoms with van der Waals surface area (Å²) in [6, 6.07) is 5.57. The van der Waals surface area contributed by atoms with Gasteiger partial charge in [-0.25, -0.2) is 13.2 Å². The maximum atomic E-state index is 12.3. The lowest BCUT2D eigenvalue weighted by Crippen LogP contribution is -2.60. The lowest BCUT2D eigenvalue weighted by Gasteiger charge is -2.38. The average molecular weight is 361 g/mol. The number of rotatable bonds is 6. The van der Waals surface area contributed by atoms with Crippen LogP contribution in [0.5, 0.6) is 0 Å². The zero-order valence-electron chi connectivity index (χ0n) is 12.5. The largest absolute Gasteiger partial charge is 0.480 e. The monoisotopic (exact) mass is 360 g/mol. The van der Waals surface area contributed by atoms with Gasteiger partial charge in [0.25, 0.3) is 0 Å². The molecule has 1 aliphatic rings. The number of hydrogen-bond donors (Lipinski definition) is 2. The number of sulfonamides is 1. The highest BCUT2D eigenvalue weighted by Gasteiger charge is 2.45. The third-order valence-electron chi connectivity index (χ3n) is 3.88. The molecule has 0 unspecified atom stereocenters. The predicted octanol–water partition coefficient (Wildman–Crippen LogP) is 1.08. The van der Waals surface area contributed by atoms with Crippen molar-refractivity contribution in [3.05, 3.63) is 29.3 Å². The third kappa shape index (κ3) is 3.65. The van der Waals surface area contributed by atoms with E-state index in [9.17, 15) is 23.1 Å². The first-order chi connectivity index (χ1) is 10.7. The standard InChI is InChI=1S/C14H17ClN2O5S/c1-17(23(21,22)11-5-3-10(15)4-6-11)9-12(18)16-14(13(19)20)7-2-8-14/h3-6H,2,7-9H2,1H3,(H,16,18)(H,19,20). The van der Waals surface area contributed by atoms with Crippen molar-refractivity contribution in [1.29, 1.82) is 0 Å². The molecule has 1 aliphatic carbocycles. The molecular formula is C14H17ClN2O5S.